The average Bonchev–Trinajstić information content (AvgIpc) is 3.60. The lowest BCUT2D eigenvalue weighted by Gasteiger charge is -2.16. The maximum Gasteiger partial charge on any atom is 0.238 e. The Kier molecular flexibility index (Phi) is 5.69. The first kappa shape index (κ1) is 25.0. The normalized spacial score (nSPS) is 13.1. The first-order valence-electron chi connectivity index (χ1n) is 15.4. The summed E-state index contributed by atoms with van der Waals surface area (Å²) in [5, 5.41) is 3.77. The molecular formula is C39H29N5. The molecule has 0 N–H and O–H groups in total. The molecule has 0 saturated heterocycles. The minimum atomic E-state index is 0.617. The van der Waals surface area contributed by atoms with Crippen LogP contribution in [-0.4, -0.2) is 24.1 Å². The van der Waals surface area contributed by atoms with Crippen molar-refractivity contribution in [2.75, 3.05) is 0 Å². The zero-order valence-corrected chi connectivity index (χ0v) is 24.2. The van der Waals surface area contributed by atoms with Crippen LogP contribution in [-0.2, 0) is 12.8 Å². The van der Waals surface area contributed by atoms with Gasteiger partial charge in [-0.25, -0.2) is 4.98 Å². The molecule has 210 valence electrons. The molecule has 5 nitrogen and oxygen atoms in total. The molecule has 9 rings (SSSR count). The van der Waals surface area contributed by atoms with Crippen LogP contribution < -0.4 is 0 Å². The zero-order chi connectivity index (χ0) is 29.0. The van der Waals surface area contributed by atoms with E-state index in [-0.39, 0.29) is 0 Å². The molecule has 0 atom stereocenters. The molecule has 5 heteroatoms. The number of benzene rings is 5. The Morgan fingerprint density at radius 1 is 0.455 bits per heavy atom. The van der Waals surface area contributed by atoms with Crippen molar-refractivity contribution in [1.82, 2.24) is 24.1 Å². The first-order chi connectivity index (χ1) is 21.8. The number of hydrogen-bond acceptors (Lipinski definition) is 3. The van der Waals surface area contributed by atoms with Crippen molar-refractivity contribution in [1.29, 1.82) is 0 Å². The van der Waals surface area contributed by atoms with E-state index in [2.05, 4.69) is 100 Å². The molecule has 8 aromatic rings. The number of hydrogen-bond donors (Lipinski definition) is 0. The Labute approximate surface area is 255 Å². The topological polar surface area (TPSA) is 48.5 Å². The highest BCUT2D eigenvalue weighted by atomic mass is 15.2. The van der Waals surface area contributed by atoms with E-state index in [4.69, 9.17) is 15.0 Å². The van der Waals surface area contributed by atoms with Crippen molar-refractivity contribution in [2.45, 2.75) is 25.7 Å². The minimum Gasteiger partial charge on any atom is -0.313 e. The predicted octanol–water partition coefficient (Wildman–Crippen LogP) is 9.13. The van der Waals surface area contributed by atoms with Crippen LogP contribution in [0.25, 0.3) is 67.1 Å². The van der Waals surface area contributed by atoms with Crippen molar-refractivity contribution >= 4 is 32.7 Å². The summed E-state index contributed by atoms with van der Waals surface area (Å²) in [6, 6.07) is 44.6. The summed E-state index contributed by atoms with van der Waals surface area (Å²) in [5.41, 5.74) is 9.48. The van der Waals surface area contributed by atoms with E-state index in [1.165, 1.54) is 51.5 Å². The van der Waals surface area contributed by atoms with Crippen LogP contribution in [0, 0.1) is 0 Å². The Bertz CT molecular complexity index is 2260. The quantitative estimate of drug-likeness (QED) is 0.213. The van der Waals surface area contributed by atoms with Crippen LogP contribution in [0.4, 0.5) is 0 Å². The summed E-state index contributed by atoms with van der Waals surface area (Å²) in [4.78, 5) is 15.2. The smallest absolute Gasteiger partial charge is 0.238 e. The standard InChI is InChI=1S/C39H29N5/c1-4-14-26(15-5-1)37-40-38(27-16-6-2-7-17-27)42-39(41-37)44-34-23-13-11-21-30(34)32-24-31-29-20-10-12-22-33(29)43(35(31)25-36(32)44)28-18-8-3-9-19-28/h1-9,11,13-19,21,23-25H,10,12,20,22H2. The van der Waals surface area contributed by atoms with Gasteiger partial charge in [-0.3, -0.25) is 4.57 Å². The number of aromatic nitrogens is 5. The maximum absolute atomic E-state index is 5.13. The van der Waals surface area contributed by atoms with Gasteiger partial charge >= 0.3 is 0 Å². The fraction of sp³-hybridized carbons (Fsp3) is 0.103. The second-order valence-electron chi connectivity index (χ2n) is 11.6. The second-order valence-corrected chi connectivity index (χ2v) is 11.6. The second kappa shape index (κ2) is 10.0. The Morgan fingerprint density at radius 2 is 1.05 bits per heavy atom. The van der Waals surface area contributed by atoms with Crippen LogP contribution in [0.5, 0.6) is 0 Å². The van der Waals surface area contributed by atoms with Gasteiger partial charge in [-0.05, 0) is 61.6 Å². The molecule has 0 spiro atoms. The van der Waals surface area contributed by atoms with Gasteiger partial charge in [0.25, 0.3) is 0 Å². The van der Waals surface area contributed by atoms with Gasteiger partial charge in [-0.2, -0.15) is 9.97 Å². The van der Waals surface area contributed by atoms with E-state index in [0.717, 1.165) is 35.0 Å². The maximum atomic E-state index is 5.13. The van der Waals surface area contributed by atoms with Crippen LogP contribution in [0.15, 0.2) is 127 Å². The third kappa shape index (κ3) is 3.89. The molecule has 0 radical (unpaired) electrons. The lowest BCUT2D eigenvalue weighted by molar-refractivity contribution is 0.667. The third-order valence-electron chi connectivity index (χ3n) is 8.97. The summed E-state index contributed by atoms with van der Waals surface area (Å²) >= 11 is 0. The van der Waals surface area contributed by atoms with E-state index < -0.39 is 0 Å². The van der Waals surface area contributed by atoms with Crippen molar-refractivity contribution in [3.63, 3.8) is 0 Å². The fourth-order valence-corrected chi connectivity index (χ4v) is 6.99. The fourth-order valence-electron chi connectivity index (χ4n) is 6.99. The molecular weight excluding hydrogens is 538 g/mol. The molecule has 1 aliphatic rings. The average molecular weight is 568 g/mol. The zero-order valence-electron chi connectivity index (χ0n) is 24.2. The van der Waals surface area contributed by atoms with Crippen molar-refractivity contribution in [3.05, 3.63) is 139 Å². The molecule has 44 heavy (non-hydrogen) atoms. The van der Waals surface area contributed by atoms with Crippen molar-refractivity contribution in [2.24, 2.45) is 0 Å². The van der Waals surface area contributed by atoms with Gasteiger partial charge in [0.15, 0.2) is 11.6 Å². The molecule has 0 fully saturated rings. The Morgan fingerprint density at radius 3 is 1.75 bits per heavy atom. The third-order valence-corrected chi connectivity index (χ3v) is 8.97. The van der Waals surface area contributed by atoms with Crippen LogP contribution in [0.1, 0.15) is 24.1 Å². The molecule has 0 amide bonds. The molecule has 0 unspecified atom stereocenters. The number of para-hydroxylation sites is 2. The van der Waals surface area contributed by atoms with Crippen molar-refractivity contribution < 1.29 is 0 Å². The molecule has 5 aromatic carbocycles. The first-order valence-corrected chi connectivity index (χ1v) is 15.4. The molecule has 3 aromatic heterocycles. The minimum absolute atomic E-state index is 0.617. The number of rotatable bonds is 4. The highest BCUT2D eigenvalue weighted by Gasteiger charge is 2.24. The van der Waals surface area contributed by atoms with Crippen molar-refractivity contribution in [3.8, 4) is 34.4 Å². The van der Waals surface area contributed by atoms with E-state index >= 15 is 0 Å². The lowest BCUT2D eigenvalue weighted by Crippen LogP contribution is -2.07. The number of fused-ring (bicyclic) bond motifs is 6. The summed E-state index contributed by atoms with van der Waals surface area (Å²) in [6.07, 6.45) is 4.67. The van der Waals surface area contributed by atoms with Gasteiger partial charge < -0.3 is 4.57 Å². The van der Waals surface area contributed by atoms with Crippen LogP contribution >= 0.6 is 0 Å². The monoisotopic (exact) mass is 567 g/mol. The van der Waals surface area contributed by atoms with Gasteiger partial charge in [-0.1, -0.05) is 97.1 Å². The molecule has 0 saturated carbocycles. The van der Waals surface area contributed by atoms with Crippen LogP contribution in [0.2, 0.25) is 0 Å². The SMILES string of the molecule is c1ccc(-c2nc(-c3ccccc3)nc(-n3c4ccccc4c4cc5c6c(n(-c7ccccc7)c5cc43)CCCC6)n2)cc1. The van der Waals surface area contributed by atoms with Gasteiger partial charge in [0.1, 0.15) is 0 Å². The lowest BCUT2D eigenvalue weighted by atomic mass is 9.95. The van der Waals surface area contributed by atoms with Crippen LogP contribution in [0.3, 0.4) is 0 Å². The van der Waals surface area contributed by atoms with Gasteiger partial charge in [0, 0.05) is 38.7 Å². The molecule has 0 aliphatic heterocycles. The predicted molar refractivity (Wildman–Crippen MR) is 179 cm³/mol. The Hall–Kier alpha value is -5.55. The van der Waals surface area contributed by atoms with E-state index in [9.17, 15) is 0 Å². The Balaban J connectivity index is 1.39. The van der Waals surface area contributed by atoms with E-state index in [1.54, 1.807) is 0 Å². The molecule has 1 aliphatic carbocycles. The number of aryl methyl sites for hydroxylation is 1. The highest BCUT2D eigenvalue weighted by molar-refractivity contribution is 6.14. The van der Waals surface area contributed by atoms with E-state index in [0.29, 0.717) is 17.6 Å². The van der Waals surface area contributed by atoms with E-state index in [1.807, 2.05) is 36.4 Å². The largest absolute Gasteiger partial charge is 0.313 e. The summed E-state index contributed by atoms with van der Waals surface area (Å²) in [5.74, 6) is 1.93. The molecule has 3 heterocycles. The summed E-state index contributed by atoms with van der Waals surface area (Å²) in [7, 11) is 0. The summed E-state index contributed by atoms with van der Waals surface area (Å²) < 4.78 is 4.72. The van der Waals surface area contributed by atoms with Gasteiger partial charge in [0.05, 0.1) is 16.6 Å². The number of nitrogens with zero attached hydrogens (tertiary/aromatic N) is 5. The van der Waals surface area contributed by atoms with Gasteiger partial charge in [-0.15, -0.1) is 0 Å². The highest BCUT2D eigenvalue weighted by Crippen LogP contribution is 2.40. The molecule has 0 bridgehead atoms. The summed E-state index contributed by atoms with van der Waals surface area (Å²) in [6.45, 7) is 0. The van der Waals surface area contributed by atoms with Gasteiger partial charge in [0.2, 0.25) is 5.95 Å².